The molecule has 0 bridgehead atoms. The molecule has 6 fully saturated rings. The third-order valence-corrected chi connectivity index (χ3v) is 17.9. The van der Waals surface area contributed by atoms with Gasteiger partial charge in [-0.05, 0) is 143 Å². The van der Waals surface area contributed by atoms with Crippen LogP contribution in [0.1, 0.15) is 99.5 Å². The van der Waals surface area contributed by atoms with Crippen molar-refractivity contribution in [1.82, 2.24) is 39.9 Å². The SMILES string of the molecule is CCc1c(F)ccc2cc(O)cc(-c3ncc4c(N5CCC[C@@](C)(O)C5)nc(OCC5(CN6CCC(F)(CN7CCC(N8CCN(c9ccc%10c(c9)CN([C@H]9CCC(=O)NC9=O)C%10=O)CC8)CC7)CC6)CC5)nc4c3F)c12. The van der Waals surface area contributed by atoms with E-state index < -0.39 is 34.9 Å². The number of carbonyl (C=O) groups excluding carboxylic acids is 3. The highest BCUT2D eigenvalue weighted by molar-refractivity contribution is 6.06. The number of benzene rings is 3. The van der Waals surface area contributed by atoms with Crippen molar-refractivity contribution in [3.63, 3.8) is 0 Å². The number of nitrogens with zero attached hydrogens (tertiary/aromatic N) is 9. The highest BCUT2D eigenvalue weighted by Crippen LogP contribution is 2.48. The smallest absolute Gasteiger partial charge is 0.319 e. The van der Waals surface area contributed by atoms with Crippen LogP contribution in [0.25, 0.3) is 32.9 Å². The number of phenolic OH excluding ortho intramolecular Hbond substituents is 1. The van der Waals surface area contributed by atoms with Gasteiger partial charge in [0.2, 0.25) is 11.8 Å². The van der Waals surface area contributed by atoms with Crippen LogP contribution in [0.4, 0.5) is 24.7 Å². The number of aromatic nitrogens is 3. The molecule has 12 rings (SSSR count). The van der Waals surface area contributed by atoms with E-state index in [0.29, 0.717) is 117 Å². The number of piperidine rings is 4. The van der Waals surface area contributed by atoms with Crippen molar-refractivity contribution in [2.45, 2.75) is 114 Å². The zero-order chi connectivity index (χ0) is 53.4. The first-order valence-electron chi connectivity index (χ1n) is 27.8. The first-order valence-corrected chi connectivity index (χ1v) is 27.8. The van der Waals surface area contributed by atoms with Gasteiger partial charge in [0.25, 0.3) is 5.91 Å². The fourth-order valence-corrected chi connectivity index (χ4v) is 13.4. The van der Waals surface area contributed by atoms with E-state index in [4.69, 9.17) is 9.72 Å². The predicted octanol–water partition coefficient (Wildman–Crippen LogP) is 6.75. The van der Waals surface area contributed by atoms with E-state index in [9.17, 15) is 24.6 Å². The van der Waals surface area contributed by atoms with Crippen molar-refractivity contribution < 1.29 is 42.5 Å². The quantitative estimate of drug-likeness (QED) is 0.106. The van der Waals surface area contributed by atoms with Crippen LogP contribution >= 0.6 is 0 Å². The molecule has 16 nitrogen and oxygen atoms in total. The number of likely N-dealkylation sites (tertiary alicyclic amines) is 2. The average Bonchev–Trinajstić information content (AvgIpc) is 4.16. The van der Waals surface area contributed by atoms with Crippen molar-refractivity contribution in [2.24, 2.45) is 5.41 Å². The topological polar surface area (TPSA) is 171 Å². The third-order valence-electron chi connectivity index (χ3n) is 17.9. The number of ether oxygens (including phenoxy) is 1. The molecule has 1 saturated carbocycles. The Morgan fingerprint density at radius 3 is 2.32 bits per heavy atom. The second-order valence-electron chi connectivity index (χ2n) is 23.5. The summed E-state index contributed by atoms with van der Waals surface area (Å²) in [4.78, 5) is 64.7. The number of aryl methyl sites for hydroxylation is 1. The zero-order valence-electron chi connectivity index (χ0n) is 44.1. The maximum absolute atomic E-state index is 17.2. The van der Waals surface area contributed by atoms with Crippen LogP contribution in [0.3, 0.4) is 0 Å². The van der Waals surface area contributed by atoms with Gasteiger partial charge >= 0.3 is 6.01 Å². The Kier molecular flexibility index (Phi) is 13.6. The fourth-order valence-electron chi connectivity index (χ4n) is 13.4. The minimum Gasteiger partial charge on any atom is -0.508 e. The summed E-state index contributed by atoms with van der Waals surface area (Å²) in [6.45, 7) is 12.9. The maximum Gasteiger partial charge on any atom is 0.319 e. The molecule has 1 aliphatic carbocycles. The molecule has 19 heteroatoms. The van der Waals surface area contributed by atoms with Gasteiger partial charge in [-0.3, -0.25) is 29.6 Å². The van der Waals surface area contributed by atoms with E-state index in [1.165, 1.54) is 24.4 Å². The van der Waals surface area contributed by atoms with E-state index in [-0.39, 0.29) is 58.7 Å². The molecular weight excluding hydrogens is 990 g/mol. The summed E-state index contributed by atoms with van der Waals surface area (Å²) < 4.78 is 55.5. The first-order chi connectivity index (χ1) is 37.0. The Morgan fingerprint density at radius 2 is 1.60 bits per heavy atom. The number of carbonyl (C=O) groups is 3. The highest BCUT2D eigenvalue weighted by Gasteiger charge is 2.47. The van der Waals surface area contributed by atoms with Crippen LogP contribution < -0.4 is 19.9 Å². The van der Waals surface area contributed by atoms with Crippen LogP contribution in [0.15, 0.2) is 48.7 Å². The molecule has 5 aromatic rings. The Morgan fingerprint density at radius 1 is 0.831 bits per heavy atom. The summed E-state index contributed by atoms with van der Waals surface area (Å²) >= 11 is 0. The molecule has 2 atom stereocenters. The zero-order valence-corrected chi connectivity index (χ0v) is 44.1. The number of phenols is 1. The van der Waals surface area contributed by atoms with Crippen LogP contribution in [0.5, 0.6) is 11.8 Å². The van der Waals surface area contributed by atoms with Gasteiger partial charge in [-0.1, -0.05) is 13.0 Å². The fraction of sp³-hybridized carbons (Fsp3) is 0.552. The molecule has 7 aliphatic rings. The molecule has 5 saturated heterocycles. The number of halogens is 3. The van der Waals surface area contributed by atoms with E-state index in [2.05, 4.69) is 41.0 Å². The summed E-state index contributed by atoms with van der Waals surface area (Å²) in [7, 11) is 0. The Balaban J connectivity index is 0.645. The molecule has 2 aromatic heterocycles. The molecule has 77 heavy (non-hydrogen) atoms. The Bertz CT molecular complexity index is 3130. The standard InChI is InChI=1S/C58H69F3N10O6/c1-3-41-45(59)8-5-36-28-40(72)29-43(48(36)41)50-49(60)51-44(30-62-50)52(70-18-4-13-56(2,76)32-70)65-55(64-51)77-35-57(14-15-57)33-67-21-16-58(61,17-22-67)34-66-19-11-38(12-20-66)68-23-25-69(26-24-68)39-6-7-42-37(27-39)31-71(54(42)75)46-9-10-47(73)63-53(46)74/h5-8,27-30,38,46,72,76H,3-4,9-26,31-35H2,1-2H3,(H,63,73,74)/t46-,56+/m0/s1. The van der Waals surface area contributed by atoms with E-state index in [0.717, 1.165) is 82.7 Å². The summed E-state index contributed by atoms with van der Waals surface area (Å²) in [6.07, 6.45) is 8.53. The Labute approximate surface area is 446 Å². The minimum absolute atomic E-state index is 0.00552. The lowest BCUT2D eigenvalue weighted by Gasteiger charge is -2.45. The van der Waals surface area contributed by atoms with Crippen LogP contribution in [-0.4, -0.2) is 171 Å². The number of imide groups is 1. The number of anilines is 2. The number of β-amino-alcohol motifs (C(OH)–C–C–N with tert-alkyl or cyclic N) is 1. The number of fused-ring (bicyclic) bond motifs is 3. The van der Waals surface area contributed by atoms with Crippen molar-refractivity contribution in [1.29, 1.82) is 0 Å². The van der Waals surface area contributed by atoms with Gasteiger partial charge in [0.15, 0.2) is 5.82 Å². The van der Waals surface area contributed by atoms with Crippen LogP contribution in [0, 0.1) is 17.0 Å². The number of hydrogen-bond acceptors (Lipinski definition) is 14. The number of rotatable bonds is 13. The van der Waals surface area contributed by atoms with Crippen molar-refractivity contribution in [3.05, 3.63) is 77.0 Å². The third kappa shape index (κ3) is 10.3. The number of hydrogen-bond donors (Lipinski definition) is 3. The van der Waals surface area contributed by atoms with Crippen molar-refractivity contribution >= 4 is 50.9 Å². The molecular formula is C58H69F3N10O6. The maximum atomic E-state index is 17.2. The number of piperazine rings is 1. The van der Waals surface area contributed by atoms with Gasteiger partial charge in [0.05, 0.1) is 17.6 Å². The highest BCUT2D eigenvalue weighted by atomic mass is 19.1. The summed E-state index contributed by atoms with van der Waals surface area (Å²) in [5.41, 5.74) is 0.720. The normalized spacial score (nSPS) is 24.5. The van der Waals surface area contributed by atoms with E-state index in [1.807, 2.05) is 24.0 Å². The lowest BCUT2D eigenvalue weighted by Crippen LogP contribution is -2.55. The van der Waals surface area contributed by atoms with Gasteiger partial charge in [0, 0.05) is 113 Å². The van der Waals surface area contributed by atoms with Gasteiger partial charge in [-0.2, -0.15) is 9.97 Å². The molecule has 408 valence electrons. The second-order valence-corrected chi connectivity index (χ2v) is 23.5. The van der Waals surface area contributed by atoms with Gasteiger partial charge < -0.3 is 39.4 Å². The molecule has 3 N–H and O–H groups in total. The van der Waals surface area contributed by atoms with Crippen molar-refractivity contribution in [2.75, 3.05) is 94.9 Å². The van der Waals surface area contributed by atoms with Crippen LogP contribution in [0.2, 0.25) is 0 Å². The molecule has 0 unspecified atom stereocenters. The molecule has 0 spiro atoms. The molecule has 6 aliphatic heterocycles. The number of aliphatic hydroxyl groups is 1. The van der Waals surface area contributed by atoms with Crippen molar-refractivity contribution in [3.8, 4) is 23.0 Å². The summed E-state index contributed by atoms with van der Waals surface area (Å²) in [5, 5.41) is 25.6. The molecule has 8 heterocycles. The largest absolute Gasteiger partial charge is 0.508 e. The number of amides is 3. The van der Waals surface area contributed by atoms with E-state index >= 15 is 13.2 Å². The minimum atomic E-state index is -1.26. The number of nitrogens with one attached hydrogen (secondary N) is 1. The molecule has 3 aromatic carbocycles. The Hall–Kier alpha value is -6.15. The first kappa shape index (κ1) is 51.6. The number of aromatic hydroxyl groups is 1. The summed E-state index contributed by atoms with van der Waals surface area (Å²) in [6, 6.07) is 11.6. The van der Waals surface area contributed by atoms with Gasteiger partial charge in [-0.15, -0.1) is 0 Å². The van der Waals surface area contributed by atoms with Gasteiger partial charge in [-0.25, -0.2) is 13.2 Å². The monoisotopic (exact) mass is 1060 g/mol. The lowest BCUT2D eigenvalue weighted by molar-refractivity contribution is -0.136. The summed E-state index contributed by atoms with van der Waals surface area (Å²) in [5.74, 6) is -1.74. The number of pyridine rings is 1. The molecule has 0 radical (unpaired) electrons. The van der Waals surface area contributed by atoms with Gasteiger partial charge in [0.1, 0.15) is 40.3 Å². The van der Waals surface area contributed by atoms with E-state index in [1.54, 1.807) is 17.9 Å². The second kappa shape index (κ2) is 20.3. The average molecular weight is 1060 g/mol. The van der Waals surface area contributed by atoms with Crippen LogP contribution in [-0.2, 0) is 22.6 Å². The number of alkyl halides is 1. The lowest BCUT2D eigenvalue weighted by atomic mass is 9.90. The predicted molar refractivity (Wildman–Crippen MR) is 286 cm³/mol. The molecule has 3 amide bonds.